The second-order valence-corrected chi connectivity index (χ2v) is 13.0. The quantitative estimate of drug-likeness (QED) is 0.201. The molecule has 0 saturated heterocycles. The summed E-state index contributed by atoms with van der Waals surface area (Å²) in [4.78, 5) is 10.7. The third-order valence-corrected chi connectivity index (χ3v) is 9.93. The smallest absolute Gasteiger partial charge is 0.170 e. The van der Waals surface area contributed by atoms with Crippen molar-refractivity contribution < 1.29 is 4.42 Å². The van der Waals surface area contributed by atoms with E-state index in [0.29, 0.717) is 0 Å². The zero-order chi connectivity index (χ0) is 33.7. The molecule has 2 heterocycles. The van der Waals surface area contributed by atoms with Gasteiger partial charge >= 0.3 is 0 Å². The Morgan fingerprint density at radius 3 is 1.63 bits per heavy atom. The number of nitrogens with zero attached hydrogens (tertiary/aromatic N) is 2. The molecule has 1 aromatic heterocycles. The SMILES string of the molecule is c1ccc(C2=NC(c3cc(-c4cccc5ccccc45)cc4oc5ccccc5c34)N=C(c3ccc(-c4cccc5ccccc45)cc3)N2)cc1. The van der Waals surface area contributed by atoms with E-state index in [1.54, 1.807) is 0 Å². The molecule has 9 aromatic rings. The highest BCUT2D eigenvalue weighted by atomic mass is 16.3. The molecule has 10 rings (SSSR count). The van der Waals surface area contributed by atoms with Gasteiger partial charge in [-0.1, -0.05) is 158 Å². The number of nitrogens with one attached hydrogen (secondary N) is 1. The number of aliphatic imine (C=N–C) groups is 2. The van der Waals surface area contributed by atoms with Crippen LogP contribution in [0.1, 0.15) is 22.9 Å². The Bertz CT molecular complexity index is 2820. The van der Waals surface area contributed by atoms with Crippen molar-refractivity contribution in [2.24, 2.45) is 9.98 Å². The van der Waals surface area contributed by atoms with Crippen LogP contribution in [0.15, 0.2) is 190 Å². The minimum atomic E-state index is -0.521. The van der Waals surface area contributed by atoms with E-state index in [1.807, 2.05) is 30.3 Å². The molecule has 1 aliphatic heterocycles. The monoisotopic (exact) mass is 653 g/mol. The summed E-state index contributed by atoms with van der Waals surface area (Å²) in [6, 6.07) is 61.6. The molecule has 1 atom stereocenters. The molecular formula is C47H31N3O. The van der Waals surface area contributed by atoms with Crippen molar-refractivity contribution in [1.82, 2.24) is 5.32 Å². The lowest BCUT2D eigenvalue weighted by Crippen LogP contribution is -2.36. The topological polar surface area (TPSA) is 49.9 Å². The second-order valence-electron chi connectivity index (χ2n) is 13.0. The molecule has 0 amide bonds. The molecule has 0 spiro atoms. The van der Waals surface area contributed by atoms with Gasteiger partial charge in [0.25, 0.3) is 0 Å². The van der Waals surface area contributed by atoms with Crippen molar-refractivity contribution in [2.75, 3.05) is 0 Å². The maximum Gasteiger partial charge on any atom is 0.170 e. The third kappa shape index (κ3) is 5.08. The van der Waals surface area contributed by atoms with Gasteiger partial charge in [0.15, 0.2) is 6.17 Å². The van der Waals surface area contributed by atoms with Gasteiger partial charge in [-0.05, 0) is 62.0 Å². The van der Waals surface area contributed by atoms with Gasteiger partial charge in [-0.3, -0.25) is 0 Å². The summed E-state index contributed by atoms with van der Waals surface area (Å²) in [5.41, 5.74) is 9.25. The molecule has 51 heavy (non-hydrogen) atoms. The first-order chi connectivity index (χ1) is 25.3. The van der Waals surface area contributed by atoms with Crippen LogP contribution >= 0.6 is 0 Å². The van der Waals surface area contributed by atoms with E-state index >= 15 is 0 Å². The first kappa shape index (κ1) is 29.2. The van der Waals surface area contributed by atoms with Crippen LogP contribution in [0.3, 0.4) is 0 Å². The van der Waals surface area contributed by atoms with E-state index in [-0.39, 0.29) is 0 Å². The normalized spacial score (nSPS) is 14.5. The number of fused-ring (bicyclic) bond motifs is 5. The number of amidine groups is 2. The predicted molar refractivity (Wildman–Crippen MR) is 211 cm³/mol. The Morgan fingerprint density at radius 2 is 0.941 bits per heavy atom. The van der Waals surface area contributed by atoms with Gasteiger partial charge in [0.05, 0.1) is 0 Å². The van der Waals surface area contributed by atoms with Crippen molar-refractivity contribution in [2.45, 2.75) is 6.17 Å². The summed E-state index contributed by atoms with van der Waals surface area (Å²) in [5.74, 6) is 1.55. The van der Waals surface area contributed by atoms with Crippen LogP contribution in [0.5, 0.6) is 0 Å². The van der Waals surface area contributed by atoms with Gasteiger partial charge in [-0.2, -0.15) is 0 Å². The van der Waals surface area contributed by atoms with E-state index in [0.717, 1.165) is 67.0 Å². The Morgan fingerprint density at radius 1 is 0.412 bits per heavy atom. The predicted octanol–water partition coefficient (Wildman–Crippen LogP) is 11.7. The van der Waals surface area contributed by atoms with Crippen molar-refractivity contribution in [3.05, 3.63) is 193 Å². The largest absolute Gasteiger partial charge is 0.456 e. The minimum Gasteiger partial charge on any atom is -0.456 e. The summed E-state index contributed by atoms with van der Waals surface area (Å²) in [6.45, 7) is 0. The fourth-order valence-electron chi connectivity index (χ4n) is 7.49. The Labute approximate surface area is 295 Å². The molecule has 0 aliphatic carbocycles. The minimum absolute atomic E-state index is 0.521. The molecule has 4 nitrogen and oxygen atoms in total. The highest BCUT2D eigenvalue weighted by molar-refractivity contribution is 6.17. The molecular weight excluding hydrogens is 623 g/mol. The average Bonchev–Trinajstić information content (AvgIpc) is 3.59. The van der Waals surface area contributed by atoms with Gasteiger partial charge < -0.3 is 9.73 Å². The van der Waals surface area contributed by atoms with Crippen molar-refractivity contribution >= 4 is 55.2 Å². The standard InChI is InChI=1S/C47H31N3O/c1-2-14-33(15-3-1)45-48-46(34-26-24-32(25-27-34)38-21-10-16-30-12-4-6-18-36(30)38)50-47(49-45)41-28-35(39-22-11-17-31-13-5-7-19-37(31)39)29-43-44(41)40-20-8-9-23-42(40)51-43/h1-29,47H,(H,48,49,50). The van der Waals surface area contributed by atoms with Crippen molar-refractivity contribution in [3.8, 4) is 22.3 Å². The maximum absolute atomic E-state index is 6.55. The number of hydrogen-bond donors (Lipinski definition) is 1. The molecule has 1 unspecified atom stereocenters. The summed E-state index contributed by atoms with van der Waals surface area (Å²) >= 11 is 0. The van der Waals surface area contributed by atoms with Gasteiger partial charge in [-0.25, -0.2) is 9.98 Å². The summed E-state index contributed by atoms with van der Waals surface area (Å²) in [7, 11) is 0. The highest BCUT2D eigenvalue weighted by Crippen LogP contribution is 2.41. The molecule has 4 heteroatoms. The second kappa shape index (κ2) is 12.0. The number of hydrogen-bond acceptors (Lipinski definition) is 4. The molecule has 240 valence electrons. The van der Waals surface area contributed by atoms with Crippen molar-refractivity contribution in [1.29, 1.82) is 0 Å². The zero-order valence-corrected chi connectivity index (χ0v) is 27.6. The van der Waals surface area contributed by atoms with Gasteiger partial charge in [0, 0.05) is 27.5 Å². The molecule has 8 aromatic carbocycles. The fraction of sp³-hybridized carbons (Fsp3) is 0.0213. The van der Waals surface area contributed by atoms with Crippen LogP contribution in [0.4, 0.5) is 0 Å². The van der Waals surface area contributed by atoms with Crippen LogP contribution in [0, 0.1) is 0 Å². The number of para-hydroxylation sites is 1. The van der Waals surface area contributed by atoms with Crippen LogP contribution in [-0.4, -0.2) is 11.7 Å². The summed E-state index contributed by atoms with van der Waals surface area (Å²) in [6.07, 6.45) is -0.521. The summed E-state index contributed by atoms with van der Waals surface area (Å²) in [5, 5.41) is 10.5. The maximum atomic E-state index is 6.55. The molecule has 1 N–H and O–H groups in total. The molecule has 0 bridgehead atoms. The number of rotatable bonds is 5. The zero-order valence-electron chi connectivity index (χ0n) is 27.6. The highest BCUT2D eigenvalue weighted by Gasteiger charge is 2.25. The van der Waals surface area contributed by atoms with Gasteiger partial charge in [0.2, 0.25) is 0 Å². The molecule has 1 aliphatic rings. The van der Waals surface area contributed by atoms with E-state index in [4.69, 9.17) is 14.4 Å². The average molecular weight is 654 g/mol. The first-order valence-corrected chi connectivity index (χ1v) is 17.3. The lowest BCUT2D eigenvalue weighted by Gasteiger charge is -2.23. The van der Waals surface area contributed by atoms with E-state index in [1.165, 1.54) is 27.1 Å². The molecule has 0 radical (unpaired) electrons. The number of furan rings is 1. The van der Waals surface area contributed by atoms with Crippen LogP contribution in [0.2, 0.25) is 0 Å². The first-order valence-electron chi connectivity index (χ1n) is 17.3. The Balaban J connectivity index is 1.16. The number of benzene rings is 8. The van der Waals surface area contributed by atoms with Gasteiger partial charge in [0.1, 0.15) is 22.8 Å². The van der Waals surface area contributed by atoms with E-state index in [2.05, 4.69) is 151 Å². The lowest BCUT2D eigenvalue weighted by molar-refractivity contribution is 0.668. The van der Waals surface area contributed by atoms with E-state index in [9.17, 15) is 0 Å². The Hall–Kier alpha value is -6.78. The van der Waals surface area contributed by atoms with Crippen LogP contribution < -0.4 is 5.32 Å². The fourth-order valence-corrected chi connectivity index (χ4v) is 7.49. The van der Waals surface area contributed by atoms with Crippen LogP contribution in [-0.2, 0) is 0 Å². The summed E-state index contributed by atoms with van der Waals surface area (Å²) < 4.78 is 6.55. The van der Waals surface area contributed by atoms with Gasteiger partial charge in [-0.15, -0.1) is 0 Å². The van der Waals surface area contributed by atoms with Crippen molar-refractivity contribution in [3.63, 3.8) is 0 Å². The lowest BCUT2D eigenvalue weighted by atomic mass is 9.94. The van der Waals surface area contributed by atoms with E-state index < -0.39 is 6.17 Å². The Kier molecular flexibility index (Phi) is 6.85. The molecule has 0 saturated carbocycles. The van der Waals surface area contributed by atoms with Crippen LogP contribution in [0.25, 0.3) is 65.7 Å². The third-order valence-electron chi connectivity index (χ3n) is 9.93. The molecule has 0 fully saturated rings.